The van der Waals surface area contributed by atoms with Crippen LogP contribution in [0.5, 0.6) is 5.75 Å². The van der Waals surface area contributed by atoms with Gasteiger partial charge in [-0.3, -0.25) is 9.79 Å². The Morgan fingerprint density at radius 2 is 1.88 bits per heavy atom. The van der Waals surface area contributed by atoms with Gasteiger partial charge in [-0.2, -0.15) is 13.2 Å². The van der Waals surface area contributed by atoms with Gasteiger partial charge < -0.3 is 4.74 Å². The number of benzene rings is 2. The molecule has 0 aliphatic carbocycles. The Bertz CT molecular complexity index is 839. The van der Waals surface area contributed by atoms with Crippen LogP contribution >= 0.6 is 0 Å². The first-order chi connectivity index (χ1) is 11.9. The van der Waals surface area contributed by atoms with Gasteiger partial charge in [0, 0.05) is 6.21 Å². The van der Waals surface area contributed by atoms with E-state index in [4.69, 9.17) is 4.74 Å². The van der Waals surface area contributed by atoms with Gasteiger partial charge in [0.25, 0.3) is 0 Å². The molecule has 25 heavy (non-hydrogen) atoms. The van der Waals surface area contributed by atoms with Crippen molar-refractivity contribution in [2.24, 2.45) is 4.99 Å². The molecule has 6 heteroatoms. The molecule has 0 N–H and O–H groups in total. The molecular formula is C19H14F3NO2. The van der Waals surface area contributed by atoms with E-state index in [1.807, 2.05) is 0 Å². The summed E-state index contributed by atoms with van der Waals surface area (Å²) in [7, 11) is 0. The van der Waals surface area contributed by atoms with E-state index in [0.717, 1.165) is 12.1 Å². The van der Waals surface area contributed by atoms with E-state index in [1.165, 1.54) is 6.21 Å². The molecule has 1 aliphatic heterocycles. The zero-order valence-corrected chi connectivity index (χ0v) is 13.1. The second-order valence-corrected chi connectivity index (χ2v) is 5.53. The number of para-hydroxylation sites is 1. The number of alkyl halides is 3. The van der Waals surface area contributed by atoms with Gasteiger partial charge in [-0.05, 0) is 41.0 Å². The van der Waals surface area contributed by atoms with Crippen molar-refractivity contribution in [3.05, 3.63) is 71.3 Å². The highest BCUT2D eigenvalue weighted by molar-refractivity contribution is 6.11. The van der Waals surface area contributed by atoms with Crippen molar-refractivity contribution in [1.82, 2.24) is 0 Å². The number of nitrogens with zero attached hydrogens (tertiary/aromatic N) is 1. The number of hydrogen-bond donors (Lipinski definition) is 0. The van der Waals surface area contributed by atoms with Crippen molar-refractivity contribution in [2.75, 3.05) is 6.54 Å². The van der Waals surface area contributed by atoms with Crippen LogP contribution in [0.1, 0.15) is 16.7 Å². The molecule has 1 heterocycles. The fourth-order valence-electron chi connectivity index (χ4n) is 2.49. The number of rotatable bonds is 4. The minimum Gasteiger partial charge on any atom is -0.426 e. The Labute approximate surface area is 142 Å². The Hall–Kier alpha value is -2.89. The van der Waals surface area contributed by atoms with E-state index >= 15 is 0 Å². The molecule has 0 bridgehead atoms. The maximum atomic E-state index is 13.1. The summed E-state index contributed by atoms with van der Waals surface area (Å²) in [5.74, 6) is -0.268. The fraction of sp³-hybridized carbons (Fsp3) is 0.158. The fourth-order valence-corrected chi connectivity index (χ4v) is 2.49. The average Bonchev–Trinajstić information content (AvgIpc) is 3.09. The first-order valence-electron chi connectivity index (χ1n) is 7.59. The van der Waals surface area contributed by atoms with E-state index in [9.17, 15) is 18.0 Å². The highest BCUT2D eigenvalue weighted by atomic mass is 19.4. The van der Waals surface area contributed by atoms with E-state index < -0.39 is 17.7 Å². The van der Waals surface area contributed by atoms with Crippen LogP contribution in [0.15, 0.2) is 59.6 Å². The van der Waals surface area contributed by atoms with Crippen molar-refractivity contribution in [1.29, 1.82) is 0 Å². The van der Waals surface area contributed by atoms with Crippen LogP contribution in [0.4, 0.5) is 13.2 Å². The smallest absolute Gasteiger partial charge is 0.416 e. The largest absolute Gasteiger partial charge is 0.426 e. The molecule has 0 unspecified atom stereocenters. The van der Waals surface area contributed by atoms with Crippen molar-refractivity contribution in [3.63, 3.8) is 0 Å². The lowest BCUT2D eigenvalue weighted by molar-refractivity contribution is -0.138. The molecule has 128 valence electrons. The Kier molecular flexibility index (Phi) is 4.70. The van der Waals surface area contributed by atoms with Gasteiger partial charge >= 0.3 is 12.1 Å². The minimum atomic E-state index is -4.50. The molecule has 0 aromatic heterocycles. The van der Waals surface area contributed by atoms with E-state index in [0.29, 0.717) is 23.4 Å². The maximum Gasteiger partial charge on any atom is 0.416 e. The van der Waals surface area contributed by atoms with E-state index in [1.54, 1.807) is 42.5 Å². The molecule has 3 nitrogen and oxygen atoms in total. The maximum absolute atomic E-state index is 13.1. The van der Waals surface area contributed by atoms with Crippen LogP contribution in [0.3, 0.4) is 0 Å². The first kappa shape index (κ1) is 17.0. The highest BCUT2D eigenvalue weighted by Gasteiger charge is 2.31. The summed E-state index contributed by atoms with van der Waals surface area (Å²) in [4.78, 5) is 16.0. The number of allylic oxidation sites excluding steroid dienone is 1. The van der Waals surface area contributed by atoms with Gasteiger partial charge in [0.1, 0.15) is 5.75 Å². The molecule has 0 atom stereocenters. The molecule has 2 aromatic carbocycles. The predicted molar refractivity (Wildman–Crippen MR) is 88.6 cm³/mol. The van der Waals surface area contributed by atoms with E-state index in [-0.39, 0.29) is 12.0 Å². The van der Waals surface area contributed by atoms with Crippen LogP contribution < -0.4 is 4.74 Å². The lowest BCUT2D eigenvalue weighted by Crippen LogP contribution is -2.13. The Morgan fingerprint density at radius 1 is 1.12 bits per heavy atom. The molecule has 0 radical (unpaired) electrons. The molecule has 0 saturated carbocycles. The van der Waals surface area contributed by atoms with Crippen LogP contribution in [-0.2, 0) is 17.4 Å². The third-order valence-electron chi connectivity index (χ3n) is 3.62. The van der Waals surface area contributed by atoms with Crippen molar-refractivity contribution in [2.45, 2.75) is 12.6 Å². The predicted octanol–water partition coefficient (Wildman–Crippen LogP) is 4.32. The second-order valence-electron chi connectivity index (χ2n) is 5.53. The van der Waals surface area contributed by atoms with Crippen molar-refractivity contribution < 1.29 is 22.7 Å². The van der Waals surface area contributed by atoms with Gasteiger partial charge in [-0.1, -0.05) is 30.3 Å². The number of carbonyl (C=O) groups is 1. The summed E-state index contributed by atoms with van der Waals surface area (Å²) in [6.45, 7) is 0.441. The molecule has 1 aliphatic rings. The molecule has 3 rings (SSSR count). The first-order valence-corrected chi connectivity index (χ1v) is 7.59. The van der Waals surface area contributed by atoms with Crippen molar-refractivity contribution in [3.8, 4) is 5.75 Å². The normalized spacial score (nSPS) is 13.6. The average molecular weight is 345 g/mol. The third kappa shape index (κ3) is 4.35. The van der Waals surface area contributed by atoms with Gasteiger partial charge in [0.05, 0.1) is 18.5 Å². The van der Waals surface area contributed by atoms with Gasteiger partial charge in [0.2, 0.25) is 0 Å². The number of hydrogen-bond acceptors (Lipinski definition) is 3. The van der Waals surface area contributed by atoms with Gasteiger partial charge in [-0.25, -0.2) is 0 Å². The highest BCUT2D eigenvalue weighted by Crippen LogP contribution is 2.32. The Morgan fingerprint density at radius 3 is 2.52 bits per heavy atom. The summed E-state index contributed by atoms with van der Waals surface area (Å²) < 4.78 is 44.6. The number of aliphatic imine (C=N–C) groups is 1. The SMILES string of the molecule is O=C(Cc1cc(C2=CCN=C2)cc(C(F)(F)F)c1)Oc1ccccc1. The molecule has 0 amide bonds. The standard InChI is InChI=1S/C19H14F3NO2/c20-19(21,22)16-9-13(8-15(11-16)14-6-7-23-12-14)10-18(24)25-17-4-2-1-3-5-17/h1-6,8-9,11-12H,7,10H2. The number of esters is 1. The lowest BCUT2D eigenvalue weighted by Gasteiger charge is -2.12. The van der Waals surface area contributed by atoms with Crippen molar-refractivity contribution >= 4 is 17.8 Å². The molecule has 0 fully saturated rings. The quantitative estimate of drug-likeness (QED) is 0.611. The molecule has 0 spiro atoms. The summed E-state index contributed by atoms with van der Waals surface area (Å²) in [6, 6.07) is 12.0. The summed E-state index contributed by atoms with van der Waals surface area (Å²) in [5.41, 5.74) is 0.447. The summed E-state index contributed by atoms with van der Waals surface area (Å²) in [5, 5.41) is 0. The number of halogens is 3. The molecule has 0 saturated heterocycles. The summed E-state index contributed by atoms with van der Waals surface area (Å²) in [6.07, 6.45) is -1.48. The molecule has 2 aromatic rings. The third-order valence-corrected chi connectivity index (χ3v) is 3.62. The second kappa shape index (κ2) is 6.93. The molecular weight excluding hydrogens is 331 g/mol. The Balaban J connectivity index is 1.85. The number of ether oxygens (including phenoxy) is 1. The zero-order chi connectivity index (χ0) is 17.9. The van der Waals surface area contributed by atoms with Crippen LogP contribution in [-0.4, -0.2) is 18.7 Å². The van der Waals surface area contributed by atoms with E-state index in [2.05, 4.69) is 4.99 Å². The lowest BCUT2D eigenvalue weighted by atomic mass is 9.98. The topological polar surface area (TPSA) is 38.7 Å². The van der Waals surface area contributed by atoms with Crippen LogP contribution in [0, 0.1) is 0 Å². The monoisotopic (exact) mass is 345 g/mol. The van der Waals surface area contributed by atoms with Gasteiger partial charge in [-0.15, -0.1) is 0 Å². The number of carbonyl (C=O) groups excluding carboxylic acids is 1. The summed E-state index contributed by atoms with van der Waals surface area (Å²) >= 11 is 0. The van der Waals surface area contributed by atoms with Crippen LogP contribution in [0.2, 0.25) is 0 Å². The zero-order valence-electron chi connectivity index (χ0n) is 13.1. The minimum absolute atomic E-state index is 0.243. The van der Waals surface area contributed by atoms with Crippen LogP contribution in [0.25, 0.3) is 5.57 Å². The van der Waals surface area contributed by atoms with Gasteiger partial charge in [0.15, 0.2) is 0 Å².